The van der Waals surface area contributed by atoms with Gasteiger partial charge in [-0.1, -0.05) is 48.9 Å². The van der Waals surface area contributed by atoms with E-state index in [1.807, 2.05) is 35.2 Å². The summed E-state index contributed by atoms with van der Waals surface area (Å²) in [4.78, 5) is 14.9. The molecular weight excluding hydrogens is 338 g/mol. The van der Waals surface area contributed by atoms with Crippen LogP contribution in [0.2, 0.25) is 0 Å². The van der Waals surface area contributed by atoms with E-state index < -0.39 is 0 Å². The Labute approximate surface area is 140 Å². The number of carbonyl (C=O) groups excluding carboxylic acids is 1. The molecule has 0 radical (unpaired) electrons. The summed E-state index contributed by atoms with van der Waals surface area (Å²) in [6.07, 6.45) is 3.42. The lowest BCUT2D eigenvalue weighted by atomic mass is 9.94. The molecule has 0 aromatic heterocycles. The van der Waals surface area contributed by atoms with E-state index in [1.54, 1.807) is 0 Å². The molecule has 0 spiro atoms. The molecule has 0 bridgehead atoms. The molecule has 2 aromatic carbocycles. The SMILES string of the molecule is O=C(c1ccccc1Br)N1CCCCC(c2ccccc2)C1. The number of hydrogen-bond donors (Lipinski definition) is 0. The maximum atomic E-state index is 12.8. The summed E-state index contributed by atoms with van der Waals surface area (Å²) in [5.74, 6) is 0.574. The molecule has 1 fully saturated rings. The molecule has 1 aliphatic heterocycles. The molecule has 1 aliphatic rings. The second kappa shape index (κ2) is 7.10. The van der Waals surface area contributed by atoms with Gasteiger partial charge in [0.25, 0.3) is 5.91 Å². The van der Waals surface area contributed by atoms with Crippen LogP contribution in [0, 0.1) is 0 Å². The second-order valence-electron chi connectivity index (χ2n) is 5.83. The lowest BCUT2D eigenvalue weighted by Gasteiger charge is -2.25. The van der Waals surface area contributed by atoms with Crippen LogP contribution in [0.3, 0.4) is 0 Å². The Hall–Kier alpha value is -1.61. The molecule has 3 rings (SSSR count). The summed E-state index contributed by atoms with van der Waals surface area (Å²) in [6, 6.07) is 18.3. The van der Waals surface area contributed by atoms with Gasteiger partial charge in [-0.2, -0.15) is 0 Å². The van der Waals surface area contributed by atoms with E-state index >= 15 is 0 Å². The fourth-order valence-electron chi connectivity index (χ4n) is 3.13. The van der Waals surface area contributed by atoms with E-state index in [-0.39, 0.29) is 5.91 Å². The minimum Gasteiger partial charge on any atom is -0.338 e. The zero-order valence-electron chi connectivity index (χ0n) is 12.5. The number of likely N-dealkylation sites (tertiary alicyclic amines) is 1. The molecule has 3 heteroatoms. The second-order valence-corrected chi connectivity index (χ2v) is 6.69. The van der Waals surface area contributed by atoms with Crippen LogP contribution in [0.1, 0.15) is 41.1 Å². The van der Waals surface area contributed by atoms with Gasteiger partial charge in [0.1, 0.15) is 0 Å². The van der Waals surface area contributed by atoms with Crippen molar-refractivity contribution in [3.05, 3.63) is 70.2 Å². The minimum atomic E-state index is 0.135. The van der Waals surface area contributed by atoms with Crippen LogP contribution in [0.15, 0.2) is 59.1 Å². The third-order valence-electron chi connectivity index (χ3n) is 4.33. The van der Waals surface area contributed by atoms with Crippen molar-refractivity contribution in [2.75, 3.05) is 13.1 Å². The topological polar surface area (TPSA) is 20.3 Å². The van der Waals surface area contributed by atoms with Crippen LogP contribution >= 0.6 is 15.9 Å². The highest BCUT2D eigenvalue weighted by Gasteiger charge is 2.24. The van der Waals surface area contributed by atoms with Gasteiger partial charge in [-0.05, 0) is 46.5 Å². The molecule has 2 nitrogen and oxygen atoms in total. The molecule has 114 valence electrons. The van der Waals surface area contributed by atoms with Gasteiger partial charge in [-0.3, -0.25) is 4.79 Å². The Morgan fingerprint density at radius 3 is 2.50 bits per heavy atom. The maximum absolute atomic E-state index is 12.8. The van der Waals surface area contributed by atoms with E-state index in [9.17, 15) is 4.79 Å². The van der Waals surface area contributed by atoms with Crippen molar-refractivity contribution >= 4 is 21.8 Å². The smallest absolute Gasteiger partial charge is 0.255 e. The fourth-order valence-corrected chi connectivity index (χ4v) is 3.58. The van der Waals surface area contributed by atoms with Crippen LogP contribution in [0.25, 0.3) is 0 Å². The van der Waals surface area contributed by atoms with Crippen molar-refractivity contribution < 1.29 is 4.79 Å². The quantitative estimate of drug-likeness (QED) is 0.751. The summed E-state index contributed by atoms with van der Waals surface area (Å²) in [5.41, 5.74) is 2.10. The Morgan fingerprint density at radius 2 is 1.73 bits per heavy atom. The Morgan fingerprint density at radius 1 is 1.00 bits per heavy atom. The molecule has 0 aliphatic carbocycles. The number of halogens is 1. The van der Waals surface area contributed by atoms with Gasteiger partial charge in [-0.15, -0.1) is 0 Å². The fraction of sp³-hybridized carbons (Fsp3) is 0.316. The third-order valence-corrected chi connectivity index (χ3v) is 5.03. The number of benzene rings is 2. The van der Waals surface area contributed by atoms with Gasteiger partial charge in [0, 0.05) is 23.5 Å². The predicted octanol–water partition coefficient (Wildman–Crippen LogP) is 4.86. The van der Waals surface area contributed by atoms with Crippen LogP contribution in [0.5, 0.6) is 0 Å². The number of rotatable bonds is 2. The van der Waals surface area contributed by atoms with Crippen LogP contribution in [0.4, 0.5) is 0 Å². The minimum absolute atomic E-state index is 0.135. The molecular formula is C19H20BrNO. The first-order chi connectivity index (χ1) is 10.8. The van der Waals surface area contributed by atoms with E-state index in [2.05, 4.69) is 40.2 Å². The number of amides is 1. The largest absolute Gasteiger partial charge is 0.338 e. The Balaban J connectivity index is 1.81. The van der Waals surface area contributed by atoms with Crippen molar-refractivity contribution in [2.24, 2.45) is 0 Å². The van der Waals surface area contributed by atoms with Gasteiger partial charge < -0.3 is 4.90 Å². The lowest BCUT2D eigenvalue weighted by molar-refractivity contribution is 0.0753. The zero-order valence-corrected chi connectivity index (χ0v) is 14.1. The van der Waals surface area contributed by atoms with E-state index in [0.29, 0.717) is 5.92 Å². The molecule has 2 aromatic rings. The first-order valence-electron chi connectivity index (χ1n) is 7.84. The molecule has 1 amide bonds. The van der Waals surface area contributed by atoms with Crippen molar-refractivity contribution in [1.82, 2.24) is 4.90 Å². The standard InChI is InChI=1S/C19H20BrNO/c20-18-12-5-4-11-17(18)19(22)21-13-7-6-10-16(14-21)15-8-2-1-3-9-15/h1-5,8-9,11-12,16H,6-7,10,13-14H2. The molecule has 0 N–H and O–H groups in total. The van der Waals surface area contributed by atoms with E-state index in [1.165, 1.54) is 12.0 Å². The summed E-state index contributed by atoms with van der Waals surface area (Å²) < 4.78 is 0.875. The highest BCUT2D eigenvalue weighted by molar-refractivity contribution is 9.10. The van der Waals surface area contributed by atoms with Crippen molar-refractivity contribution in [2.45, 2.75) is 25.2 Å². The van der Waals surface area contributed by atoms with Crippen LogP contribution in [-0.2, 0) is 0 Å². The first kappa shape index (κ1) is 15.3. The van der Waals surface area contributed by atoms with Gasteiger partial charge in [0.05, 0.1) is 5.56 Å². The number of carbonyl (C=O) groups is 1. The van der Waals surface area contributed by atoms with E-state index in [0.717, 1.165) is 36.0 Å². The summed E-state index contributed by atoms with van der Waals surface area (Å²) >= 11 is 3.50. The lowest BCUT2D eigenvalue weighted by Crippen LogP contribution is -2.34. The van der Waals surface area contributed by atoms with Gasteiger partial charge in [-0.25, -0.2) is 0 Å². The number of hydrogen-bond acceptors (Lipinski definition) is 1. The molecule has 1 atom stereocenters. The highest BCUT2D eigenvalue weighted by Crippen LogP contribution is 2.28. The molecule has 22 heavy (non-hydrogen) atoms. The van der Waals surface area contributed by atoms with Gasteiger partial charge in [0.2, 0.25) is 0 Å². The molecule has 1 saturated heterocycles. The summed E-state index contributed by atoms with van der Waals surface area (Å²) in [6.45, 7) is 1.66. The Bertz CT molecular complexity index is 641. The predicted molar refractivity (Wildman–Crippen MR) is 93.1 cm³/mol. The Kier molecular flexibility index (Phi) is 4.94. The average molecular weight is 358 g/mol. The van der Waals surface area contributed by atoms with E-state index in [4.69, 9.17) is 0 Å². The monoisotopic (exact) mass is 357 g/mol. The van der Waals surface area contributed by atoms with Gasteiger partial charge >= 0.3 is 0 Å². The normalized spacial score (nSPS) is 18.8. The van der Waals surface area contributed by atoms with Crippen LogP contribution < -0.4 is 0 Å². The van der Waals surface area contributed by atoms with Crippen LogP contribution in [-0.4, -0.2) is 23.9 Å². The molecule has 1 unspecified atom stereocenters. The maximum Gasteiger partial charge on any atom is 0.255 e. The average Bonchev–Trinajstić information content (AvgIpc) is 2.82. The number of nitrogens with zero attached hydrogens (tertiary/aromatic N) is 1. The van der Waals surface area contributed by atoms with Crippen molar-refractivity contribution in [3.63, 3.8) is 0 Å². The van der Waals surface area contributed by atoms with Gasteiger partial charge in [0.15, 0.2) is 0 Å². The first-order valence-corrected chi connectivity index (χ1v) is 8.64. The third kappa shape index (κ3) is 3.41. The zero-order chi connectivity index (χ0) is 15.4. The summed E-state index contributed by atoms with van der Waals surface area (Å²) in [5, 5.41) is 0. The van der Waals surface area contributed by atoms with Crippen molar-refractivity contribution in [3.8, 4) is 0 Å². The molecule has 0 saturated carbocycles. The summed E-state index contributed by atoms with van der Waals surface area (Å²) in [7, 11) is 0. The highest BCUT2D eigenvalue weighted by atomic mass is 79.9. The molecule has 1 heterocycles. The van der Waals surface area contributed by atoms with Crippen molar-refractivity contribution in [1.29, 1.82) is 0 Å².